The van der Waals surface area contributed by atoms with Crippen LogP contribution in [0.5, 0.6) is 0 Å². The monoisotopic (exact) mass is 322 g/mol. The molecule has 0 atom stereocenters. The van der Waals surface area contributed by atoms with E-state index >= 15 is 0 Å². The SMILES string of the molecule is O=C(OC(C(=O)O)(c1ccccc1)c1ccccc1)c1ccco1. The van der Waals surface area contributed by atoms with Crippen LogP contribution in [0.4, 0.5) is 0 Å². The van der Waals surface area contributed by atoms with Crippen LogP contribution in [0.15, 0.2) is 83.5 Å². The van der Waals surface area contributed by atoms with E-state index in [-0.39, 0.29) is 5.76 Å². The molecule has 0 unspecified atom stereocenters. The lowest BCUT2D eigenvalue weighted by molar-refractivity contribution is -0.156. The van der Waals surface area contributed by atoms with Gasteiger partial charge in [0.05, 0.1) is 6.26 Å². The number of carbonyl (C=O) groups is 2. The minimum Gasteiger partial charge on any atom is -0.478 e. The van der Waals surface area contributed by atoms with Gasteiger partial charge in [-0.1, -0.05) is 60.7 Å². The van der Waals surface area contributed by atoms with E-state index in [2.05, 4.69) is 0 Å². The topological polar surface area (TPSA) is 76.7 Å². The summed E-state index contributed by atoms with van der Waals surface area (Å²) in [6.07, 6.45) is 1.32. The summed E-state index contributed by atoms with van der Waals surface area (Å²) < 4.78 is 10.5. The maximum absolute atomic E-state index is 12.4. The molecule has 0 aliphatic carbocycles. The van der Waals surface area contributed by atoms with Crippen molar-refractivity contribution < 1.29 is 23.8 Å². The summed E-state index contributed by atoms with van der Waals surface area (Å²) in [6, 6.07) is 19.7. The van der Waals surface area contributed by atoms with Gasteiger partial charge in [-0.2, -0.15) is 0 Å². The molecule has 0 aliphatic heterocycles. The number of carbonyl (C=O) groups excluding carboxylic acids is 1. The average molecular weight is 322 g/mol. The van der Waals surface area contributed by atoms with Gasteiger partial charge in [0, 0.05) is 11.1 Å². The molecule has 0 fully saturated rings. The highest BCUT2D eigenvalue weighted by Gasteiger charge is 2.47. The Hall–Kier alpha value is -3.34. The van der Waals surface area contributed by atoms with Crippen molar-refractivity contribution in [3.05, 3.63) is 95.9 Å². The molecule has 1 N–H and O–H groups in total. The molecule has 120 valence electrons. The molecule has 3 aromatic rings. The lowest BCUT2D eigenvalue weighted by Gasteiger charge is -2.29. The molecule has 2 aromatic carbocycles. The van der Waals surface area contributed by atoms with Crippen molar-refractivity contribution in [1.29, 1.82) is 0 Å². The van der Waals surface area contributed by atoms with E-state index < -0.39 is 17.5 Å². The van der Waals surface area contributed by atoms with Crippen LogP contribution in [-0.4, -0.2) is 17.0 Å². The minimum atomic E-state index is -1.97. The molecule has 0 saturated heterocycles. The van der Waals surface area contributed by atoms with E-state index in [4.69, 9.17) is 9.15 Å². The number of hydrogen-bond donors (Lipinski definition) is 1. The predicted molar refractivity (Wildman–Crippen MR) is 85.4 cm³/mol. The van der Waals surface area contributed by atoms with E-state index in [9.17, 15) is 14.7 Å². The standard InChI is InChI=1S/C19H14O5/c20-17(16-12-7-13-23-16)24-19(18(21)22,14-8-3-1-4-9-14)15-10-5-2-6-11-15/h1-13H,(H,21,22). The summed E-state index contributed by atoms with van der Waals surface area (Å²) in [5, 5.41) is 9.97. The van der Waals surface area contributed by atoms with Crippen molar-refractivity contribution in [2.45, 2.75) is 5.60 Å². The van der Waals surface area contributed by atoms with Gasteiger partial charge in [0.25, 0.3) is 5.60 Å². The third kappa shape index (κ3) is 2.67. The quantitative estimate of drug-likeness (QED) is 0.728. The van der Waals surface area contributed by atoms with Gasteiger partial charge in [-0.3, -0.25) is 0 Å². The zero-order valence-corrected chi connectivity index (χ0v) is 12.6. The normalized spacial score (nSPS) is 11.0. The second-order valence-corrected chi connectivity index (χ2v) is 5.09. The van der Waals surface area contributed by atoms with Gasteiger partial charge in [0.2, 0.25) is 5.76 Å². The number of carboxylic acids is 1. The van der Waals surface area contributed by atoms with E-state index in [1.165, 1.54) is 18.4 Å². The van der Waals surface area contributed by atoms with Crippen LogP contribution >= 0.6 is 0 Å². The summed E-state index contributed by atoms with van der Waals surface area (Å²) in [4.78, 5) is 24.6. The lowest BCUT2D eigenvalue weighted by Crippen LogP contribution is -2.41. The molecular formula is C19H14O5. The molecule has 0 bridgehead atoms. The molecule has 1 aromatic heterocycles. The highest BCUT2D eigenvalue weighted by atomic mass is 16.6. The minimum absolute atomic E-state index is 0.0625. The second-order valence-electron chi connectivity index (χ2n) is 5.09. The largest absolute Gasteiger partial charge is 0.478 e. The number of rotatable bonds is 5. The fraction of sp³-hybridized carbons (Fsp3) is 0.0526. The van der Waals surface area contributed by atoms with Crippen molar-refractivity contribution in [3.8, 4) is 0 Å². The molecule has 5 heteroatoms. The lowest BCUT2D eigenvalue weighted by atomic mass is 9.86. The van der Waals surface area contributed by atoms with Crippen LogP contribution in [0.25, 0.3) is 0 Å². The average Bonchev–Trinajstić information content (AvgIpc) is 3.15. The fourth-order valence-corrected chi connectivity index (χ4v) is 2.50. The van der Waals surface area contributed by atoms with Crippen molar-refractivity contribution in [1.82, 2.24) is 0 Å². The Bertz CT molecular complexity index is 783. The third-order valence-corrected chi connectivity index (χ3v) is 3.63. The number of furan rings is 1. The van der Waals surface area contributed by atoms with Gasteiger partial charge in [0.15, 0.2) is 0 Å². The molecule has 3 rings (SSSR count). The van der Waals surface area contributed by atoms with Gasteiger partial charge in [-0.15, -0.1) is 0 Å². The Labute approximate surface area is 138 Å². The number of esters is 1. The van der Waals surface area contributed by atoms with Crippen LogP contribution in [0.1, 0.15) is 21.7 Å². The van der Waals surface area contributed by atoms with Crippen LogP contribution in [0.3, 0.4) is 0 Å². The number of benzene rings is 2. The van der Waals surface area contributed by atoms with Crippen LogP contribution in [-0.2, 0) is 15.1 Å². The fourth-order valence-electron chi connectivity index (χ4n) is 2.50. The molecule has 0 spiro atoms. The Kier molecular flexibility index (Phi) is 4.16. The molecule has 0 saturated carbocycles. The molecule has 5 nitrogen and oxygen atoms in total. The van der Waals surface area contributed by atoms with Crippen LogP contribution in [0.2, 0.25) is 0 Å². The van der Waals surface area contributed by atoms with E-state index in [1.54, 1.807) is 60.7 Å². The Morgan fingerprint density at radius 3 is 1.79 bits per heavy atom. The maximum Gasteiger partial charge on any atom is 0.376 e. The smallest absolute Gasteiger partial charge is 0.376 e. The van der Waals surface area contributed by atoms with E-state index in [0.29, 0.717) is 11.1 Å². The number of aliphatic carboxylic acids is 1. The zero-order chi connectivity index (χ0) is 17.0. The molecule has 24 heavy (non-hydrogen) atoms. The van der Waals surface area contributed by atoms with Crippen molar-refractivity contribution in [2.75, 3.05) is 0 Å². The third-order valence-electron chi connectivity index (χ3n) is 3.63. The van der Waals surface area contributed by atoms with Crippen molar-refractivity contribution in [2.24, 2.45) is 0 Å². The van der Waals surface area contributed by atoms with E-state index in [0.717, 1.165) is 0 Å². The van der Waals surface area contributed by atoms with Gasteiger partial charge in [0.1, 0.15) is 0 Å². The zero-order valence-electron chi connectivity index (χ0n) is 12.6. The molecular weight excluding hydrogens is 308 g/mol. The van der Waals surface area contributed by atoms with Gasteiger partial charge in [-0.25, -0.2) is 9.59 Å². The van der Waals surface area contributed by atoms with Gasteiger partial charge >= 0.3 is 11.9 Å². The Balaban J connectivity index is 2.16. The molecule has 0 aliphatic rings. The second kappa shape index (κ2) is 6.42. The van der Waals surface area contributed by atoms with Crippen LogP contribution < -0.4 is 0 Å². The molecule has 1 heterocycles. The first-order chi connectivity index (χ1) is 11.6. The number of carboxylic acid groups (broad SMARTS) is 1. The van der Waals surface area contributed by atoms with E-state index in [1.807, 2.05) is 0 Å². The summed E-state index contributed by atoms with van der Waals surface area (Å²) in [5.41, 5.74) is -1.29. The first-order valence-electron chi connectivity index (χ1n) is 7.26. The highest BCUT2D eigenvalue weighted by molar-refractivity contribution is 5.92. The first kappa shape index (κ1) is 15.6. The summed E-state index contributed by atoms with van der Waals surface area (Å²) >= 11 is 0. The molecule has 0 radical (unpaired) electrons. The Morgan fingerprint density at radius 1 is 0.833 bits per heavy atom. The molecule has 0 amide bonds. The van der Waals surface area contributed by atoms with Gasteiger partial charge < -0.3 is 14.3 Å². The van der Waals surface area contributed by atoms with Crippen LogP contribution in [0, 0.1) is 0 Å². The summed E-state index contributed by atoms with van der Waals surface area (Å²) in [7, 11) is 0. The number of hydrogen-bond acceptors (Lipinski definition) is 4. The summed E-state index contributed by atoms with van der Waals surface area (Å²) in [5.74, 6) is -2.21. The summed E-state index contributed by atoms with van der Waals surface area (Å²) in [6.45, 7) is 0. The predicted octanol–water partition coefficient (Wildman–Crippen LogP) is 3.46. The Morgan fingerprint density at radius 2 is 1.38 bits per heavy atom. The van der Waals surface area contributed by atoms with Gasteiger partial charge in [-0.05, 0) is 12.1 Å². The van der Waals surface area contributed by atoms with Crippen molar-refractivity contribution in [3.63, 3.8) is 0 Å². The maximum atomic E-state index is 12.4. The van der Waals surface area contributed by atoms with Crippen molar-refractivity contribution >= 4 is 11.9 Å². The number of ether oxygens (including phenoxy) is 1. The first-order valence-corrected chi connectivity index (χ1v) is 7.26. The highest BCUT2D eigenvalue weighted by Crippen LogP contribution is 2.35.